The van der Waals surface area contributed by atoms with E-state index >= 15 is 0 Å². The zero-order valence-corrected chi connectivity index (χ0v) is 70.0. The van der Waals surface area contributed by atoms with Crippen LogP contribution in [0.3, 0.4) is 0 Å². The number of rotatable bonds is 24. The van der Waals surface area contributed by atoms with E-state index in [1.807, 2.05) is 14.2 Å². The zero-order chi connectivity index (χ0) is 114. The van der Waals surface area contributed by atoms with Crippen LogP contribution in [0.2, 0.25) is 0 Å². The van der Waals surface area contributed by atoms with Gasteiger partial charge in [-0.2, -0.15) is 0 Å². The van der Waals surface area contributed by atoms with Crippen LogP contribution in [0.25, 0.3) is 0 Å². The molecule has 0 aliphatic rings. The molecule has 4 amide bonds. The molecule has 0 radical (unpaired) electrons. The number of nitrogens with one attached hydrogen (secondary N) is 8. The molecule has 0 aliphatic heterocycles. The molecule has 0 spiro atoms. The third-order valence-electron chi connectivity index (χ3n) is 16.4. The summed E-state index contributed by atoms with van der Waals surface area (Å²) in [6.07, 6.45) is 0. The van der Waals surface area contributed by atoms with Crippen molar-refractivity contribution in [3.63, 3.8) is 0 Å². The Morgan fingerprint density at radius 1 is 0.308 bits per heavy atom. The molecule has 8 heterocycles. The van der Waals surface area contributed by atoms with Gasteiger partial charge in [0.1, 0.15) is 39.1 Å². The summed E-state index contributed by atoms with van der Waals surface area (Å²) in [5.41, 5.74) is -5.77. The highest BCUT2D eigenvalue weighted by Crippen LogP contribution is 2.36. The molecule has 4 aromatic carbocycles. The maximum atomic E-state index is 13.2. The molecule has 0 fully saturated rings. The summed E-state index contributed by atoms with van der Waals surface area (Å²) in [5.74, 6) is -8.72. The Morgan fingerprint density at radius 3 is 0.808 bits per heavy atom. The number of anilines is 8. The van der Waals surface area contributed by atoms with Crippen molar-refractivity contribution in [2.24, 2.45) is 0 Å². The van der Waals surface area contributed by atoms with Gasteiger partial charge in [-0.15, -0.1) is 45.3 Å². The molecule has 0 saturated heterocycles. The van der Waals surface area contributed by atoms with Crippen LogP contribution in [-0.2, 0) is 40.1 Å². The van der Waals surface area contributed by atoms with Gasteiger partial charge in [0.05, 0.1) is 45.5 Å². The summed E-state index contributed by atoms with van der Waals surface area (Å²) >= 11 is 2.90. The van der Waals surface area contributed by atoms with Gasteiger partial charge in [0.25, 0.3) is 63.7 Å². The molecule has 0 atom stereocenters. The summed E-state index contributed by atoms with van der Waals surface area (Å²) in [6, 6.07) is 13.2. The van der Waals surface area contributed by atoms with Crippen LogP contribution in [0.5, 0.6) is 0 Å². The minimum atomic E-state index is -4.64. The Kier molecular flexibility index (Phi) is 18.0. The van der Waals surface area contributed by atoms with Gasteiger partial charge in [-0.25, -0.2) is 52.6 Å². The second-order valence-electron chi connectivity index (χ2n) is 25.2. The number of sulfonamides is 4. The van der Waals surface area contributed by atoms with E-state index in [4.69, 9.17) is 59.2 Å². The number of aromatic nitrogens is 4. The quantitative estimate of drug-likeness (QED) is 0.0260. The molecule has 0 saturated carbocycles. The predicted molar refractivity (Wildman–Crippen MR) is 460 cm³/mol. The van der Waals surface area contributed by atoms with E-state index < -0.39 is 281 Å². The summed E-state index contributed by atoms with van der Waals surface area (Å²) in [7, 11) is -18.1. The van der Waals surface area contributed by atoms with Gasteiger partial charge in [0.2, 0.25) is 23.5 Å². The first-order valence-electron chi connectivity index (χ1n) is 48.4. The number of amides is 4. The topological polar surface area (TPSA) is 473 Å². The fourth-order valence-electron chi connectivity index (χ4n) is 10.4. The molecule has 632 valence electrons. The third kappa shape index (κ3) is 21.0. The molecule has 32 nitrogen and oxygen atoms in total. The van der Waals surface area contributed by atoms with Crippen molar-refractivity contribution in [1.82, 2.24) is 20.6 Å². The van der Waals surface area contributed by atoms with E-state index in [0.717, 1.165) is 104 Å². The van der Waals surface area contributed by atoms with Crippen molar-refractivity contribution in [1.29, 1.82) is 0 Å². The van der Waals surface area contributed by atoms with E-state index in [0.29, 0.717) is 39.5 Å². The summed E-state index contributed by atoms with van der Waals surface area (Å²) < 4.78 is 361. The Morgan fingerprint density at radius 2 is 0.550 bits per heavy atom. The van der Waals surface area contributed by atoms with Crippen LogP contribution in [0.1, 0.15) is 238 Å². The van der Waals surface area contributed by atoms with Gasteiger partial charge in [0.15, 0.2) is 23.1 Å². The Hall–Kier alpha value is -11.9. The van der Waals surface area contributed by atoms with Crippen molar-refractivity contribution >= 4 is 178 Å². The molecule has 120 heavy (non-hydrogen) atoms. The van der Waals surface area contributed by atoms with Crippen LogP contribution in [0.15, 0.2) is 132 Å². The normalized spacial score (nSPS) is 16.1. The first-order valence-corrected chi connectivity index (χ1v) is 42.9. The zero-order valence-electron chi connectivity index (χ0n) is 93.5. The average Bonchev–Trinajstić information content (AvgIpc) is 1.06. The van der Waals surface area contributed by atoms with Crippen molar-refractivity contribution in [3.05, 3.63) is 226 Å². The Balaban J connectivity index is 0.000000222. The van der Waals surface area contributed by atoms with Crippen LogP contribution in [-0.4, -0.2) is 101 Å². The number of carbonyl (C=O) groups excluding carboxylic acids is 8. The van der Waals surface area contributed by atoms with E-state index in [1.165, 1.54) is 48.4 Å². The number of nitrogens with zero attached hydrogens (tertiary/aromatic N) is 4. The van der Waals surface area contributed by atoms with Gasteiger partial charge in [-0.05, 0) is 252 Å². The largest absolute Gasteiger partial charge is 0.337 e. The first-order chi connectivity index (χ1) is 68.1. The van der Waals surface area contributed by atoms with Gasteiger partial charge >= 0.3 is 0 Å². The smallest absolute Gasteiger partial charge is 0.267 e. The van der Waals surface area contributed by atoms with Crippen LogP contribution in [0, 0.1) is 110 Å². The number of benzene rings is 4. The van der Waals surface area contributed by atoms with Crippen molar-refractivity contribution in [2.45, 2.75) is 157 Å². The van der Waals surface area contributed by atoms with Crippen molar-refractivity contribution in [2.75, 3.05) is 40.2 Å². The third-order valence-corrected chi connectivity index (χ3v) is 26.1. The van der Waals surface area contributed by atoms with E-state index in [9.17, 15) is 72.0 Å². The van der Waals surface area contributed by atoms with Gasteiger partial charge in [-0.1, -0.05) is 44.9 Å². The summed E-state index contributed by atoms with van der Waals surface area (Å²) in [4.78, 5) is 98.3. The SMILES string of the molecule is [2H]C([2H])([2H])c1cc(C(C)=O)c(NC(=O)c2sccc2S(=O)(=O)Nc2onc(C([2H])([2H])[2H])c2C)c(C([2H])([2H])[2H])c1.[2H]C([2H])([2H])c1cc(C(C)=O)c(NC(=O)c2sccc2S(=O)(=O)Nc2onc(C)c2C([2H])([2H])[2H])c(C([2H])([2H])[2H])c1.[2H]C([2H])([2H])c1cc(C(C)=O)c(NC(=O)c2sccc2S(=O)(=O)Nc2onc(C)c2C)c(C([2H])([2H])[2H])c1.[2H]C([2H])([2H])c1noc(NS(=O)(=O)c2ccsc2C(=O)Nc2c(C)cc(C)cc2C(C)=O)c1C([2H])([2H])[2H]. The van der Waals surface area contributed by atoms with Crippen molar-refractivity contribution < 1.29 is 131 Å². The molecule has 0 bridgehead atoms. The minimum Gasteiger partial charge on any atom is -0.337 e. The van der Waals surface area contributed by atoms with Gasteiger partial charge in [-0.3, -0.25) is 38.4 Å². The highest BCUT2D eigenvalue weighted by molar-refractivity contribution is 7.94. The number of carbonyl (C=O) groups is 8. The second-order valence-corrected chi connectivity index (χ2v) is 35.4. The monoisotopic (exact) mass is 1820 g/mol. The van der Waals surface area contributed by atoms with Crippen LogP contribution < -0.4 is 40.2 Å². The standard InChI is InChI=1S/4C20H21N3O5S2/c4*1-10-8-11(2)17(15(9-10)14(5)24)21-19(25)18-16(6-7-29-18)30(26,27)23-20-12(3)13(4)22-28-20/h4*6-9,23H,1-5H3,(H,21,25)/i1D3,2D3,4D3;1D3,2D3,3D3;3D3,4D3;1D3,2D3. The molecular weight excluding hydrogens is 1710 g/mol. The molecule has 12 aromatic rings. The fraction of sp³-hybridized carbons (Fsp3) is 0.250. The van der Waals surface area contributed by atoms with Gasteiger partial charge < -0.3 is 39.4 Å². The highest BCUT2D eigenvalue weighted by atomic mass is 32.2. The molecule has 8 N–H and O–H groups in total. The van der Waals surface area contributed by atoms with Gasteiger partial charge in [0, 0.05) is 85.6 Å². The number of thiophene rings is 4. The molecule has 8 aromatic heterocycles. The number of ketones is 4. The minimum absolute atomic E-state index is 0.0783. The predicted octanol–water partition coefficient (Wildman–Crippen LogP) is 16.9. The molecule has 40 heteroatoms. The Labute approximate surface area is 750 Å². The summed E-state index contributed by atoms with van der Waals surface area (Å²) in [5, 5.41) is 28.4. The molecule has 0 unspecified atom stereocenters. The molecule has 0 aliphatic carbocycles. The maximum absolute atomic E-state index is 13.2. The van der Waals surface area contributed by atoms with E-state index in [1.54, 1.807) is 39.8 Å². The summed E-state index contributed by atoms with van der Waals surface area (Å²) in [6.45, 7) is -14.8. The lowest BCUT2D eigenvalue weighted by Gasteiger charge is -2.14. The first kappa shape index (κ1) is 58.1. The number of Topliss-reactive ketones (excluding diaryl/α,β-unsaturated/α-hetero) is 4. The van der Waals surface area contributed by atoms with Crippen LogP contribution >= 0.6 is 45.3 Å². The lowest BCUT2D eigenvalue weighted by Crippen LogP contribution is -2.20. The lowest BCUT2D eigenvalue weighted by molar-refractivity contribution is 0.100. The lowest BCUT2D eigenvalue weighted by atomic mass is 10.0. The van der Waals surface area contributed by atoms with Crippen LogP contribution in [0.4, 0.5) is 46.3 Å². The number of aryl methyl sites for hydroxylation is 12. The van der Waals surface area contributed by atoms with E-state index in [-0.39, 0.29) is 49.5 Å². The molecule has 12 rings (SSSR count). The van der Waals surface area contributed by atoms with E-state index in [2.05, 4.69) is 46.6 Å². The Bertz CT molecular complexity index is 7820. The number of hydrogen-bond acceptors (Lipinski definition) is 28. The fourth-order valence-corrected chi connectivity index (χ4v) is 19.8. The maximum Gasteiger partial charge on any atom is 0.267 e. The second kappa shape index (κ2) is 37.2. The molecular formula is C80H84N12O20S8. The average molecular weight is 1820 g/mol. The highest BCUT2D eigenvalue weighted by Gasteiger charge is 2.33. The van der Waals surface area contributed by atoms with Crippen molar-refractivity contribution in [3.8, 4) is 0 Å². The number of hydrogen-bond donors (Lipinski definition) is 8.